The van der Waals surface area contributed by atoms with Gasteiger partial charge in [-0.25, -0.2) is 4.39 Å². The van der Waals surface area contributed by atoms with Gasteiger partial charge in [0, 0.05) is 31.4 Å². The largest absolute Gasteiger partial charge is 0.399 e. The molecule has 1 atom stereocenters. The van der Waals surface area contributed by atoms with E-state index in [1.807, 2.05) is 0 Å². The number of anilines is 1. The molecule has 1 aliphatic rings. The fourth-order valence-corrected chi connectivity index (χ4v) is 2.45. The summed E-state index contributed by atoms with van der Waals surface area (Å²) in [6.07, 6.45) is 0.977. The predicted octanol–water partition coefficient (Wildman–Crippen LogP) is 1.57. The number of hydrogen-bond acceptors (Lipinski definition) is 3. The minimum absolute atomic E-state index is 0.105. The highest BCUT2D eigenvalue weighted by atomic mass is 19.1. The van der Waals surface area contributed by atoms with Crippen molar-refractivity contribution in [3.63, 3.8) is 0 Å². The second-order valence-corrected chi connectivity index (χ2v) is 5.03. The van der Waals surface area contributed by atoms with E-state index in [2.05, 4.69) is 18.9 Å². The van der Waals surface area contributed by atoms with Crippen LogP contribution in [0.15, 0.2) is 18.2 Å². The zero-order valence-electron chi connectivity index (χ0n) is 11.4. The van der Waals surface area contributed by atoms with Crippen LogP contribution < -0.4 is 5.73 Å². The second kappa shape index (κ2) is 5.57. The van der Waals surface area contributed by atoms with E-state index in [1.165, 1.54) is 12.1 Å². The standard InChI is InChI=1S/C14H20FN3O/c1-3-11-9-18(7-6-17(11)2)14(19)12-5-4-10(16)8-13(12)15/h4-5,8,11H,3,6-7,9,16H2,1-2H3. The van der Waals surface area contributed by atoms with Gasteiger partial charge in [0.2, 0.25) is 0 Å². The summed E-state index contributed by atoms with van der Waals surface area (Å²) >= 11 is 0. The van der Waals surface area contributed by atoms with Crippen LogP contribution in [-0.2, 0) is 0 Å². The maximum Gasteiger partial charge on any atom is 0.256 e. The Morgan fingerprint density at radius 3 is 2.84 bits per heavy atom. The van der Waals surface area contributed by atoms with Crippen molar-refractivity contribution in [1.82, 2.24) is 9.80 Å². The molecule has 1 fully saturated rings. The Morgan fingerprint density at radius 2 is 2.21 bits per heavy atom. The summed E-state index contributed by atoms with van der Waals surface area (Å²) in [6, 6.07) is 4.56. The first kappa shape index (κ1) is 13.8. The number of likely N-dealkylation sites (N-methyl/N-ethyl adjacent to an activating group) is 1. The summed E-state index contributed by atoms with van der Waals surface area (Å²) in [5.41, 5.74) is 5.93. The number of carbonyl (C=O) groups is 1. The minimum atomic E-state index is -0.544. The van der Waals surface area contributed by atoms with Crippen LogP contribution in [0.25, 0.3) is 0 Å². The monoisotopic (exact) mass is 265 g/mol. The van der Waals surface area contributed by atoms with Gasteiger partial charge >= 0.3 is 0 Å². The molecule has 19 heavy (non-hydrogen) atoms. The fourth-order valence-electron chi connectivity index (χ4n) is 2.45. The van der Waals surface area contributed by atoms with Crippen molar-refractivity contribution in [2.45, 2.75) is 19.4 Å². The number of carbonyl (C=O) groups excluding carboxylic acids is 1. The molecule has 1 amide bonds. The van der Waals surface area contributed by atoms with Crippen LogP contribution in [0.4, 0.5) is 10.1 Å². The predicted molar refractivity (Wildman–Crippen MR) is 73.4 cm³/mol. The molecule has 1 aromatic rings. The second-order valence-electron chi connectivity index (χ2n) is 5.03. The Balaban J connectivity index is 2.15. The van der Waals surface area contributed by atoms with Gasteiger partial charge in [-0.1, -0.05) is 6.92 Å². The fraction of sp³-hybridized carbons (Fsp3) is 0.500. The van der Waals surface area contributed by atoms with Crippen molar-refractivity contribution in [2.24, 2.45) is 0 Å². The van der Waals surface area contributed by atoms with Crippen molar-refractivity contribution in [3.8, 4) is 0 Å². The molecule has 0 aliphatic carbocycles. The third-order valence-electron chi connectivity index (χ3n) is 3.76. The third kappa shape index (κ3) is 2.87. The Kier molecular flexibility index (Phi) is 4.04. The quantitative estimate of drug-likeness (QED) is 0.826. The van der Waals surface area contributed by atoms with E-state index in [-0.39, 0.29) is 11.5 Å². The molecule has 4 nitrogen and oxygen atoms in total. The van der Waals surface area contributed by atoms with Crippen LogP contribution in [0.5, 0.6) is 0 Å². The lowest BCUT2D eigenvalue weighted by molar-refractivity contribution is 0.0537. The van der Waals surface area contributed by atoms with Crippen LogP contribution in [-0.4, -0.2) is 48.4 Å². The van der Waals surface area contributed by atoms with Gasteiger partial charge in [-0.05, 0) is 31.7 Å². The van der Waals surface area contributed by atoms with E-state index in [1.54, 1.807) is 11.0 Å². The molecule has 0 radical (unpaired) electrons. The van der Waals surface area contributed by atoms with Gasteiger partial charge in [0.05, 0.1) is 5.56 Å². The van der Waals surface area contributed by atoms with Gasteiger partial charge in [-0.15, -0.1) is 0 Å². The molecule has 0 spiro atoms. The van der Waals surface area contributed by atoms with E-state index in [0.717, 1.165) is 13.0 Å². The van der Waals surface area contributed by atoms with Gasteiger partial charge in [0.25, 0.3) is 5.91 Å². The van der Waals surface area contributed by atoms with E-state index in [4.69, 9.17) is 5.73 Å². The van der Waals surface area contributed by atoms with Gasteiger partial charge < -0.3 is 10.6 Å². The lowest BCUT2D eigenvalue weighted by atomic mass is 10.1. The molecule has 1 aromatic carbocycles. The molecule has 2 rings (SSSR count). The number of halogens is 1. The average Bonchev–Trinajstić information content (AvgIpc) is 2.38. The summed E-state index contributed by atoms with van der Waals surface area (Å²) in [5.74, 6) is -0.791. The zero-order valence-corrected chi connectivity index (χ0v) is 11.4. The number of nitrogens with two attached hydrogens (primary N) is 1. The lowest BCUT2D eigenvalue weighted by Gasteiger charge is -2.39. The molecule has 1 aliphatic heterocycles. The topological polar surface area (TPSA) is 49.6 Å². The summed E-state index contributed by atoms with van der Waals surface area (Å²) in [7, 11) is 2.06. The highest BCUT2D eigenvalue weighted by Crippen LogP contribution is 2.17. The summed E-state index contributed by atoms with van der Waals surface area (Å²) in [4.78, 5) is 16.3. The first-order valence-electron chi connectivity index (χ1n) is 6.57. The minimum Gasteiger partial charge on any atom is -0.399 e. The Hall–Kier alpha value is -1.62. The van der Waals surface area contributed by atoms with Crippen molar-refractivity contribution >= 4 is 11.6 Å². The first-order chi connectivity index (χ1) is 9.02. The molecule has 104 valence electrons. The molecular weight excluding hydrogens is 245 g/mol. The number of hydrogen-bond donors (Lipinski definition) is 1. The van der Waals surface area contributed by atoms with Gasteiger partial charge in [0.15, 0.2) is 0 Å². The van der Waals surface area contributed by atoms with Crippen LogP contribution in [0, 0.1) is 5.82 Å². The molecule has 2 N–H and O–H groups in total. The number of nitrogen functional groups attached to an aromatic ring is 1. The molecule has 0 aromatic heterocycles. The van der Waals surface area contributed by atoms with Crippen LogP contribution in [0.3, 0.4) is 0 Å². The highest BCUT2D eigenvalue weighted by Gasteiger charge is 2.27. The van der Waals surface area contributed by atoms with Crippen molar-refractivity contribution in [1.29, 1.82) is 0 Å². The van der Waals surface area contributed by atoms with E-state index >= 15 is 0 Å². The van der Waals surface area contributed by atoms with Crippen LogP contribution in [0.2, 0.25) is 0 Å². The molecule has 1 unspecified atom stereocenters. The smallest absolute Gasteiger partial charge is 0.256 e. The van der Waals surface area contributed by atoms with Crippen molar-refractivity contribution in [2.75, 3.05) is 32.4 Å². The zero-order chi connectivity index (χ0) is 14.0. The van der Waals surface area contributed by atoms with E-state index in [0.29, 0.717) is 24.8 Å². The number of benzene rings is 1. The molecule has 0 saturated carbocycles. The maximum atomic E-state index is 13.8. The molecule has 1 saturated heterocycles. The van der Waals surface area contributed by atoms with E-state index < -0.39 is 5.82 Å². The van der Waals surface area contributed by atoms with Crippen molar-refractivity contribution in [3.05, 3.63) is 29.6 Å². The van der Waals surface area contributed by atoms with Crippen LogP contribution >= 0.6 is 0 Å². The average molecular weight is 265 g/mol. The Labute approximate surface area is 113 Å². The third-order valence-corrected chi connectivity index (χ3v) is 3.76. The number of nitrogens with zero attached hydrogens (tertiary/aromatic N) is 2. The Bertz CT molecular complexity index is 478. The Morgan fingerprint density at radius 1 is 1.47 bits per heavy atom. The van der Waals surface area contributed by atoms with Gasteiger partial charge in [-0.2, -0.15) is 0 Å². The normalized spacial score (nSPS) is 20.6. The number of amides is 1. The van der Waals surface area contributed by atoms with Gasteiger partial charge in [0.1, 0.15) is 5.82 Å². The summed E-state index contributed by atoms with van der Waals surface area (Å²) < 4.78 is 13.8. The summed E-state index contributed by atoms with van der Waals surface area (Å²) in [6.45, 7) is 4.20. The molecule has 0 bridgehead atoms. The van der Waals surface area contributed by atoms with Gasteiger partial charge in [-0.3, -0.25) is 9.69 Å². The summed E-state index contributed by atoms with van der Waals surface area (Å²) in [5, 5.41) is 0. The van der Waals surface area contributed by atoms with Crippen LogP contribution in [0.1, 0.15) is 23.7 Å². The van der Waals surface area contributed by atoms with E-state index in [9.17, 15) is 9.18 Å². The molecule has 5 heteroatoms. The molecule has 1 heterocycles. The van der Waals surface area contributed by atoms with Crippen molar-refractivity contribution < 1.29 is 9.18 Å². The highest BCUT2D eigenvalue weighted by molar-refractivity contribution is 5.95. The number of piperazine rings is 1. The first-order valence-corrected chi connectivity index (χ1v) is 6.57. The maximum absolute atomic E-state index is 13.8. The lowest BCUT2D eigenvalue weighted by Crippen LogP contribution is -2.53. The number of rotatable bonds is 2. The molecular formula is C14H20FN3O. The SMILES string of the molecule is CCC1CN(C(=O)c2ccc(N)cc2F)CCN1C.